The monoisotopic (exact) mass is 305 g/mol. The number of rotatable bonds is 4. The first-order chi connectivity index (χ1) is 9.56. The summed E-state index contributed by atoms with van der Waals surface area (Å²) >= 11 is 7.45. The molecule has 2 rings (SSSR count). The van der Waals surface area contributed by atoms with Gasteiger partial charge in [0.1, 0.15) is 16.8 Å². The van der Waals surface area contributed by atoms with E-state index in [1.807, 2.05) is 28.8 Å². The highest BCUT2D eigenvalue weighted by molar-refractivity contribution is 7.99. The quantitative estimate of drug-likeness (QED) is 0.889. The predicted molar refractivity (Wildman–Crippen MR) is 84.1 cm³/mol. The SMILES string of the molecule is CC[C@H](C)n1c(C#N)cc(N)c1Sc1ccc(Cl)cc1. The lowest BCUT2D eigenvalue weighted by Crippen LogP contribution is -2.07. The Labute approximate surface area is 128 Å². The van der Waals surface area contributed by atoms with Gasteiger partial charge < -0.3 is 10.3 Å². The van der Waals surface area contributed by atoms with E-state index in [4.69, 9.17) is 17.3 Å². The molecular formula is C15H16ClN3S. The predicted octanol–water partition coefficient (Wildman–Crippen LogP) is 4.72. The zero-order chi connectivity index (χ0) is 14.7. The standard InChI is InChI=1S/C15H16ClN3S/c1-3-10(2)19-12(9-17)8-14(18)15(19)20-13-6-4-11(16)5-7-13/h4-8,10H,3,18H2,1-2H3/t10-/m0/s1. The van der Waals surface area contributed by atoms with Crippen molar-refractivity contribution in [3.63, 3.8) is 0 Å². The molecule has 0 saturated heterocycles. The molecular weight excluding hydrogens is 290 g/mol. The topological polar surface area (TPSA) is 54.7 Å². The van der Waals surface area contributed by atoms with Crippen LogP contribution in [0.25, 0.3) is 0 Å². The fraction of sp³-hybridized carbons (Fsp3) is 0.267. The molecule has 1 heterocycles. The molecule has 1 aromatic carbocycles. The van der Waals surface area contributed by atoms with E-state index in [1.165, 1.54) is 0 Å². The molecule has 20 heavy (non-hydrogen) atoms. The molecule has 0 amide bonds. The Kier molecular flexibility index (Phi) is 4.64. The van der Waals surface area contributed by atoms with Crippen LogP contribution < -0.4 is 5.73 Å². The number of aromatic nitrogens is 1. The molecule has 0 aliphatic heterocycles. The minimum absolute atomic E-state index is 0.233. The van der Waals surface area contributed by atoms with Crippen molar-refractivity contribution in [2.24, 2.45) is 0 Å². The van der Waals surface area contributed by atoms with Crippen LogP contribution in [0.15, 0.2) is 40.3 Å². The van der Waals surface area contributed by atoms with Gasteiger partial charge in [-0.3, -0.25) is 0 Å². The van der Waals surface area contributed by atoms with Crippen molar-refractivity contribution < 1.29 is 0 Å². The van der Waals surface area contributed by atoms with Gasteiger partial charge in [0, 0.05) is 16.0 Å². The van der Waals surface area contributed by atoms with Crippen molar-refractivity contribution in [3.8, 4) is 6.07 Å². The number of nitrogens with zero attached hydrogens (tertiary/aromatic N) is 2. The normalized spacial score (nSPS) is 12.1. The van der Waals surface area contributed by atoms with Gasteiger partial charge in [-0.15, -0.1) is 0 Å². The van der Waals surface area contributed by atoms with Gasteiger partial charge in [-0.25, -0.2) is 0 Å². The van der Waals surface area contributed by atoms with Crippen LogP contribution in [0, 0.1) is 11.3 Å². The van der Waals surface area contributed by atoms with Gasteiger partial charge in [0.2, 0.25) is 0 Å². The van der Waals surface area contributed by atoms with Gasteiger partial charge in [-0.2, -0.15) is 5.26 Å². The number of nitrogen functional groups attached to an aromatic ring is 1. The second-order valence-corrected chi connectivity index (χ2v) is 6.08. The third-order valence-corrected chi connectivity index (χ3v) is 4.58. The number of hydrogen-bond donors (Lipinski definition) is 1. The van der Waals surface area contributed by atoms with E-state index in [0.717, 1.165) is 16.3 Å². The highest BCUT2D eigenvalue weighted by Crippen LogP contribution is 2.37. The maximum atomic E-state index is 9.25. The van der Waals surface area contributed by atoms with Crippen molar-refractivity contribution >= 4 is 29.1 Å². The van der Waals surface area contributed by atoms with Crippen molar-refractivity contribution in [1.82, 2.24) is 4.57 Å². The molecule has 1 atom stereocenters. The fourth-order valence-corrected chi connectivity index (χ4v) is 3.13. The van der Waals surface area contributed by atoms with Crippen LogP contribution in [0.4, 0.5) is 5.69 Å². The number of anilines is 1. The van der Waals surface area contributed by atoms with Crippen LogP contribution in [0.5, 0.6) is 0 Å². The van der Waals surface area contributed by atoms with Crippen molar-refractivity contribution in [2.75, 3.05) is 5.73 Å². The molecule has 104 valence electrons. The summed E-state index contributed by atoms with van der Waals surface area (Å²) in [6, 6.07) is 11.8. The summed E-state index contributed by atoms with van der Waals surface area (Å²) in [6.07, 6.45) is 0.941. The molecule has 3 nitrogen and oxygen atoms in total. The number of halogens is 1. The molecule has 1 aromatic heterocycles. The Bertz CT molecular complexity index is 640. The number of hydrogen-bond acceptors (Lipinski definition) is 3. The molecule has 0 saturated carbocycles. The molecule has 0 bridgehead atoms. The van der Waals surface area contributed by atoms with E-state index in [2.05, 4.69) is 19.9 Å². The fourth-order valence-electron chi connectivity index (χ4n) is 1.96. The van der Waals surface area contributed by atoms with Gasteiger partial charge >= 0.3 is 0 Å². The maximum Gasteiger partial charge on any atom is 0.123 e. The lowest BCUT2D eigenvalue weighted by Gasteiger charge is -2.17. The largest absolute Gasteiger partial charge is 0.397 e. The first-order valence-corrected chi connectivity index (χ1v) is 7.60. The summed E-state index contributed by atoms with van der Waals surface area (Å²) in [5.41, 5.74) is 7.31. The molecule has 0 unspecified atom stereocenters. The van der Waals surface area contributed by atoms with E-state index in [0.29, 0.717) is 16.4 Å². The zero-order valence-corrected chi connectivity index (χ0v) is 13.0. The van der Waals surface area contributed by atoms with Crippen LogP contribution >= 0.6 is 23.4 Å². The number of nitrogens with two attached hydrogens (primary N) is 1. The average molecular weight is 306 g/mol. The molecule has 0 fully saturated rings. The molecule has 0 aliphatic rings. The van der Waals surface area contributed by atoms with E-state index in [1.54, 1.807) is 17.8 Å². The van der Waals surface area contributed by atoms with E-state index < -0.39 is 0 Å². The second-order valence-electron chi connectivity index (χ2n) is 4.59. The molecule has 2 aromatic rings. The van der Waals surface area contributed by atoms with Crippen LogP contribution in [0.2, 0.25) is 5.02 Å². The summed E-state index contributed by atoms with van der Waals surface area (Å²) in [7, 11) is 0. The summed E-state index contributed by atoms with van der Waals surface area (Å²) < 4.78 is 2.01. The Balaban J connectivity index is 2.43. The van der Waals surface area contributed by atoms with Crippen molar-refractivity contribution in [2.45, 2.75) is 36.2 Å². The Morgan fingerprint density at radius 2 is 2.05 bits per heavy atom. The summed E-state index contributed by atoms with van der Waals surface area (Å²) in [6.45, 7) is 4.19. The lowest BCUT2D eigenvalue weighted by molar-refractivity contribution is 0.497. The number of nitriles is 1. The molecule has 0 aliphatic carbocycles. The van der Waals surface area contributed by atoms with Gasteiger partial charge in [0.15, 0.2) is 0 Å². The van der Waals surface area contributed by atoms with E-state index >= 15 is 0 Å². The van der Waals surface area contributed by atoms with Crippen LogP contribution in [-0.2, 0) is 0 Å². The Morgan fingerprint density at radius 1 is 1.40 bits per heavy atom. The van der Waals surface area contributed by atoms with Crippen LogP contribution in [0.3, 0.4) is 0 Å². The van der Waals surface area contributed by atoms with Gasteiger partial charge in [-0.1, -0.05) is 30.3 Å². The molecule has 0 spiro atoms. The third kappa shape index (κ3) is 2.95. The highest BCUT2D eigenvalue weighted by Gasteiger charge is 2.17. The first-order valence-electron chi connectivity index (χ1n) is 6.41. The summed E-state index contributed by atoms with van der Waals surface area (Å²) in [5.74, 6) is 0. The van der Waals surface area contributed by atoms with Gasteiger partial charge in [0.25, 0.3) is 0 Å². The summed E-state index contributed by atoms with van der Waals surface area (Å²) in [5, 5.41) is 10.9. The van der Waals surface area contributed by atoms with Crippen molar-refractivity contribution in [1.29, 1.82) is 5.26 Å². The maximum absolute atomic E-state index is 9.25. The van der Waals surface area contributed by atoms with Gasteiger partial charge in [0.05, 0.1) is 5.69 Å². The third-order valence-electron chi connectivity index (χ3n) is 3.19. The van der Waals surface area contributed by atoms with Crippen molar-refractivity contribution in [3.05, 3.63) is 41.0 Å². The second kappa shape index (κ2) is 6.25. The Morgan fingerprint density at radius 3 is 2.60 bits per heavy atom. The first kappa shape index (κ1) is 14.8. The zero-order valence-electron chi connectivity index (χ0n) is 11.4. The molecule has 0 radical (unpaired) electrons. The molecule has 5 heteroatoms. The minimum atomic E-state index is 0.233. The van der Waals surface area contributed by atoms with E-state index in [-0.39, 0.29) is 6.04 Å². The Hall–Kier alpha value is -1.57. The molecule has 2 N–H and O–H groups in total. The average Bonchev–Trinajstić information content (AvgIpc) is 2.77. The lowest BCUT2D eigenvalue weighted by atomic mass is 10.2. The van der Waals surface area contributed by atoms with Crippen LogP contribution in [-0.4, -0.2) is 4.57 Å². The smallest absolute Gasteiger partial charge is 0.123 e. The van der Waals surface area contributed by atoms with Gasteiger partial charge in [-0.05, 0) is 43.7 Å². The van der Waals surface area contributed by atoms with Crippen LogP contribution in [0.1, 0.15) is 32.0 Å². The minimum Gasteiger partial charge on any atom is -0.397 e. The number of benzene rings is 1. The van der Waals surface area contributed by atoms with E-state index in [9.17, 15) is 5.26 Å². The highest BCUT2D eigenvalue weighted by atomic mass is 35.5. The summed E-state index contributed by atoms with van der Waals surface area (Å²) in [4.78, 5) is 1.05.